The van der Waals surface area contributed by atoms with Gasteiger partial charge in [0.1, 0.15) is 0 Å². The van der Waals surface area contributed by atoms with E-state index in [1.54, 1.807) is 0 Å². The van der Waals surface area contributed by atoms with Gasteiger partial charge in [0.15, 0.2) is 0 Å². The van der Waals surface area contributed by atoms with Crippen LogP contribution in [0.2, 0.25) is 0 Å². The van der Waals surface area contributed by atoms with Crippen LogP contribution in [-0.2, 0) is 0 Å². The molecule has 0 amide bonds. The van der Waals surface area contributed by atoms with E-state index in [-0.39, 0.29) is 0 Å². The Balaban J connectivity index is 1.36. The number of nitrogens with zero attached hydrogens (tertiary/aromatic N) is 1. The summed E-state index contributed by atoms with van der Waals surface area (Å²) < 4.78 is 0. The summed E-state index contributed by atoms with van der Waals surface area (Å²) in [7, 11) is 0. The maximum Gasteiger partial charge on any atom is 0.0625 e. The average molecular weight is 700 g/mol. The van der Waals surface area contributed by atoms with Gasteiger partial charge >= 0.3 is 0 Å². The zero-order valence-corrected chi connectivity index (χ0v) is 30.3. The maximum absolute atomic E-state index is 2.54. The van der Waals surface area contributed by atoms with Crippen molar-refractivity contribution in [1.82, 2.24) is 0 Å². The fourth-order valence-corrected chi connectivity index (χ4v) is 8.40. The van der Waals surface area contributed by atoms with Crippen LogP contribution < -0.4 is 4.90 Å². The summed E-state index contributed by atoms with van der Waals surface area (Å²) in [4.78, 5) is 2.54. The Kier molecular flexibility index (Phi) is 8.24. The highest BCUT2D eigenvalue weighted by atomic mass is 15.2. The van der Waals surface area contributed by atoms with E-state index in [0.29, 0.717) is 0 Å². The molecular weight excluding hydrogens is 663 g/mol. The summed E-state index contributed by atoms with van der Waals surface area (Å²) in [5.74, 6) is 0. The molecule has 1 nitrogen and oxygen atoms in total. The van der Waals surface area contributed by atoms with Crippen molar-refractivity contribution < 1.29 is 0 Å². The molecule has 0 fully saturated rings. The maximum atomic E-state index is 2.54. The topological polar surface area (TPSA) is 3.24 Å². The van der Waals surface area contributed by atoms with E-state index < -0.39 is 0 Å². The van der Waals surface area contributed by atoms with Crippen molar-refractivity contribution in [3.63, 3.8) is 0 Å². The van der Waals surface area contributed by atoms with Crippen LogP contribution in [0.3, 0.4) is 0 Å². The van der Waals surface area contributed by atoms with Gasteiger partial charge in [0.2, 0.25) is 0 Å². The molecular formula is C54H37N. The third-order valence-corrected chi connectivity index (χ3v) is 10.8. The van der Waals surface area contributed by atoms with E-state index in [2.05, 4.69) is 229 Å². The molecule has 10 aromatic rings. The van der Waals surface area contributed by atoms with E-state index >= 15 is 0 Å². The molecule has 0 bridgehead atoms. The molecule has 0 unspecified atom stereocenters. The van der Waals surface area contributed by atoms with E-state index in [1.165, 1.54) is 76.8 Å². The van der Waals surface area contributed by atoms with Crippen LogP contribution in [0.5, 0.6) is 0 Å². The summed E-state index contributed by atoms with van der Waals surface area (Å²) in [5, 5.41) is 7.36. The number of benzene rings is 10. The lowest BCUT2D eigenvalue weighted by Gasteiger charge is -2.33. The largest absolute Gasteiger partial charge is 0.308 e. The van der Waals surface area contributed by atoms with Gasteiger partial charge in [-0.05, 0) is 72.9 Å². The molecule has 0 heterocycles. The molecule has 0 aromatic heterocycles. The van der Waals surface area contributed by atoms with Crippen molar-refractivity contribution in [3.05, 3.63) is 224 Å². The molecule has 55 heavy (non-hydrogen) atoms. The van der Waals surface area contributed by atoms with Gasteiger partial charge in [-0.2, -0.15) is 0 Å². The second-order valence-corrected chi connectivity index (χ2v) is 14.0. The first-order chi connectivity index (χ1) is 27.3. The second-order valence-electron chi connectivity index (χ2n) is 14.0. The lowest BCUT2D eigenvalue weighted by Crippen LogP contribution is -2.14. The van der Waals surface area contributed by atoms with Crippen LogP contribution in [0.4, 0.5) is 17.1 Å². The van der Waals surface area contributed by atoms with E-state index in [4.69, 9.17) is 0 Å². The molecule has 0 saturated heterocycles. The number of fused-ring (bicyclic) bond motifs is 4. The van der Waals surface area contributed by atoms with Gasteiger partial charge in [0.25, 0.3) is 0 Å². The molecule has 0 spiro atoms. The summed E-state index contributed by atoms with van der Waals surface area (Å²) in [5.41, 5.74) is 12.8. The average Bonchev–Trinajstić information content (AvgIpc) is 3.27. The zero-order chi connectivity index (χ0) is 36.6. The van der Waals surface area contributed by atoms with Crippen molar-refractivity contribution >= 4 is 49.4 Å². The minimum absolute atomic E-state index is 1.11. The van der Waals surface area contributed by atoms with Crippen LogP contribution in [0.25, 0.3) is 76.8 Å². The van der Waals surface area contributed by atoms with E-state index in [0.717, 1.165) is 17.1 Å². The van der Waals surface area contributed by atoms with Gasteiger partial charge in [-0.3, -0.25) is 0 Å². The zero-order valence-electron chi connectivity index (χ0n) is 30.3. The highest BCUT2D eigenvalue weighted by molar-refractivity contribution is 6.23. The van der Waals surface area contributed by atoms with Crippen LogP contribution in [-0.4, -0.2) is 0 Å². The molecule has 0 saturated carbocycles. The highest BCUT2D eigenvalue weighted by Crippen LogP contribution is 2.53. The SMILES string of the molecule is c1ccc(-c2ccccc2N(c2ccccc2-c2ccccc2)c2c(-c3cccc(-c4cccc5ccccc45)c3)c3ccccc3c3ccccc23)cc1. The van der Waals surface area contributed by atoms with Gasteiger partial charge < -0.3 is 4.90 Å². The van der Waals surface area contributed by atoms with Crippen molar-refractivity contribution in [2.45, 2.75) is 0 Å². The summed E-state index contributed by atoms with van der Waals surface area (Å²) in [6.45, 7) is 0. The molecule has 1 heteroatoms. The monoisotopic (exact) mass is 699 g/mol. The lowest BCUT2D eigenvalue weighted by atomic mass is 9.87. The van der Waals surface area contributed by atoms with Crippen LogP contribution in [0.1, 0.15) is 0 Å². The standard InChI is InChI=1S/C54H37N/c1-3-19-39(20-4-1)45-28-13-15-35-51(45)55(52-36-16-14-29-46(52)40-21-5-2-6-22-40)54-50-33-12-10-31-48(50)47-30-9-11-32-49(47)53(54)42-26-17-25-41(37-42)44-34-18-24-38-23-7-8-27-43(38)44/h1-37H. The molecule has 0 aliphatic rings. The third kappa shape index (κ3) is 5.75. The van der Waals surface area contributed by atoms with Crippen LogP contribution in [0.15, 0.2) is 224 Å². The van der Waals surface area contributed by atoms with E-state index in [9.17, 15) is 0 Å². The first-order valence-corrected chi connectivity index (χ1v) is 18.9. The normalized spacial score (nSPS) is 11.3. The summed E-state index contributed by atoms with van der Waals surface area (Å²) in [6, 6.07) is 81.6. The predicted octanol–water partition coefficient (Wildman–Crippen LogP) is 15.3. The molecule has 0 aliphatic heterocycles. The third-order valence-electron chi connectivity index (χ3n) is 10.8. The molecule has 0 N–H and O–H groups in total. The van der Waals surface area contributed by atoms with E-state index in [1.807, 2.05) is 0 Å². The van der Waals surface area contributed by atoms with Crippen molar-refractivity contribution in [2.75, 3.05) is 4.90 Å². The Hall–Kier alpha value is -7.22. The minimum atomic E-state index is 1.11. The first kappa shape index (κ1) is 32.4. The van der Waals surface area contributed by atoms with Gasteiger partial charge in [0.05, 0.1) is 17.1 Å². The molecule has 258 valence electrons. The van der Waals surface area contributed by atoms with Crippen molar-refractivity contribution in [1.29, 1.82) is 0 Å². The molecule has 0 aliphatic carbocycles. The smallest absolute Gasteiger partial charge is 0.0625 e. The number of para-hydroxylation sites is 2. The quantitative estimate of drug-likeness (QED) is 0.150. The van der Waals surface area contributed by atoms with Gasteiger partial charge in [-0.1, -0.05) is 206 Å². The van der Waals surface area contributed by atoms with Gasteiger partial charge in [-0.15, -0.1) is 0 Å². The predicted molar refractivity (Wildman–Crippen MR) is 235 cm³/mol. The molecule has 10 rings (SSSR count). The van der Waals surface area contributed by atoms with Gasteiger partial charge in [-0.25, -0.2) is 0 Å². The number of hydrogen-bond donors (Lipinski definition) is 0. The summed E-state index contributed by atoms with van der Waals surface area (Å²) in [6.07, 6.45) is 0. The molecule has 0 atom stereocenters. The van der Waals surface area contributed by atoms with Crippen LogP contribution >= 0.6 is 0 Å². The fourth-order valence-electron chi connectivity index (χ4n) is 8.40. The second kappa shape index (κ2) is 14.0. The Morgan fingerprint density at radius 3 is 1.33 bits per heavy atom. The lowest BCUT2D eigenvalue weighted by molar-refractivity contribution is 1.30. The fraction of sp³-hybridized carbons (Fsp3) is 0. The Morgan fingerprint density at radius 2 is 0.673 bits per heavy atom. The van der Waals surface area contributed by atoms with Gasteiger partial charge in [0, 0.05) is 22.1 Å². The Morgan fingerprint density at radius 1 is 0.255 bits per heavy atom. The van der Waals surface area contributed by atoms with Crippen LogP contribution in [0, 0.1) is 0 Å². The number of anilines is 3. The molecule has 10 aromatic carbocycles. The Bertz CT molecular complexity index is 2890. The Labute approximate surface area is 322 Å². The van der Waals surface area contributed by atoms with Crippen molar-refractivity contribution in [3.8, 4) is 44.5 Å². The first-order valence-electron chi connectivity index (χ1n) is 18.9. The highest BCUT2D eigenvalue weighted by Gasteiger charge is 2.27. The number of rotatable bonds is 7. The number of hydrogen-bond acceptors (Lipinski definition) is 1. The van der Waals surface area contributed by atoms with Crippen molar-refractivity contribution in [2.24, 2.45) is 0 Å². The summed E-state index contributed by atoms with van der Waals surface area (Å²) >= 11 is 0. The minimum Gasteiger partial charge on any atom is -0.308 e. The molecule has 0 radical (unpaired) electrons.